The minimum atomic E-state index is -5.39. The topological polar surface area (TPSA) is 92.3 Å². The molecule has 1 unspecified atom stereocenters. The van der Waals surface area contributed by atoms with Crippen LogP contribution < -0.4 is 14.6 Å². The number of nitrogens with one attached hydrogen (secondary N) is 1. The Labute approximate surface area is 154 Å². The van der Waals surface area contributed by atoms with Crippen molar-refractivity contribution in [3.8, 4) is 11.5 Å². The molecule has 12 heteroatoms. The molecule has 0 saturated carbocycles. The number of ether oxygens (including phenoxy) is 3. The highest BCUT2D eigenvalue weighted by atomic mass is 31.2. The Balaban J connectivity index is 3.44. The van der Waals surface area contributed by atoms with Crippen molar-refractivity contribution < 1.29 is 45.8 Å². The molecule has 0 bridgehead atoms. The van der Waals surface area contributed by atoms with Gasteiger partial charge < -0.3 is 14.2 Å². The molecule has 1 atom stereocenters. The fraction of sp³-hybridized carbons (Fsp3) is 0.533. The van der Waals surface area contributed by atoms with E-state index in [0.29, 0.717) is 5.75 Å². The molecule has 0 heterocycles. The lowest BCUT2D eigenvalue weighted by molar-refractivity contribution is -0.257. The molecule has 1 rings (SSSR count). The van der Waals surface area contributed by atoms with E-state index in [-0.39, 0.29) is 19.0 Å². The van der Waals surface area contributed by atoms with Crippen LogP contribution in [0.15, 0.2) is 24.3 Å². The molecule has 8 nitrogen and oxygen atoms in total. The number of carbonyl (C=O) groups excluding carboxylic acids is 1. The Kier molecular flexibility index (Phi) is 8.09. The van der Waals surface area contributed by atoms with Crippen molar-refractivity contribution in [3.63, 3.8) is 0 Å². The number of halogens is 3. The fourth-order valence-electron chi connectivity index (χ4n) is 1.95. The molecule has 0 aliphatic heterocycles. The summed E-state index contributed by atoms with van der Waals surface area (Å²) in [6, 6.07) is 4.91. The van der Waals surface area contributed by atoms with E-state index < -0.39 is 25.6 Å². The number of alkyl halides is 3. The first-order valence-corrected chi connectivity index (χ1v) is 9.28. The molecule has 0 amide bonds. The van der Waals surface area contributed by atoms with Crippen LogP contribution >= 0.6 is 7.75 Å². The zero-order chi connectivity index (χ0) is 20.7. The molecule has 1 aromatic rings. The molecule has 0 spiro atoms. The van der Waals surface area contributed by atoms with Gasteiger partial charge in [0.25, 0.3) is 0 Å². The number of esters is 1. The summed E-state index contributed by atoms with van der Waals surface area (Å²) in [7, 11) is -2.48. The van der Waals surface area contributed by atoms with Crippen LogP contribution in [0.5, 0.6) is 11.5 Å². The second-order valence-electron chi connectivity index (χ2n) is 4.89. The molecule has 0 fully saturated rings. The molecule has 1 N–H and O–H groups in total. The number of hydrogen-bond donors (Lipinski definition) is 1. The molecule has 0 aliphatic carbocycles. The van der Waals surface area contributed by atoms with E-state index in [4.69, 9.17) is 18.5 Å². The van der Waals surface area contributed by atoms with Gasteiger partial charge >= 0.3 is 25.6 Å². The van der Waals surface area contributed by atoms with E-state index in [2.05, 4.69) is 4.74 Å². The number of carbonyl (C=O) groups is 1. The Bertz CT molecular complexity index is 658. The molecule has 0 aliphatic rings. The summed E-state index contributed by atoms with van der Waals surface area (Å²) in [4.78, 5) is 12.1. The van der Waals surface area contributed by atoms with E-state index in [1.807, 2.05) is 0 Å². The Hall–Kier alpha value is -1.81. The molecular weight excluding hydrogens is 394 g/mol. The molecule has 27 heavy (non-hydrogen) atoms. The van der Waals surface area contributed by atoms with Crippen molar-refractivity contribution in [3.05, 3.63) is 24.3 Å². The number of rotatable bonds is 10. The summed E-state index contributed by atoms with van der Waals surface area (Å²) in [6.45, 7) is 2.29. The van der Waals surface area contributed by atoms with Crippen LogP contribution in [0.1, 0.15) is 13.8 Å². The van der Waals surface area contributed by atoms with E-state index >= 15 is 0 Å². The maximum absolute atomic E-state index is 13.9. The summed E-state index contributed by atoms with van der Waals surface area (Å²) in [5, 5.41) is 1.57. The van der Waals surface area contributed by atoms with Crippen LogP contribution in [0.3, 0.4) is 0 Å². The summed E-state index contributed by atoms with van der Waals surface area (Å²) < 4.78 is 78.0. The molecule has 154 valence electrons. The normalized spacial score (nSPS) is 14.3. The van der Waals surface area contributed by atoms with Gasteiger partial charge in [-0.2, -0.15) is 18.3 Å². The average Bonchev–Trinajstić information content (AvgIpc) is 2.60. The van der Waals surface area contributed by atoms with Crippen molar-refractivity contribution in [2.45, 2.75) is 25.7 Å². The molecular formula is C15H21F3NO7P. The van der Waals surface area contributed by atoms with Gasteiger partial charge in [-0.3, -0.25) is 9.05 Å². The zero-order valence-electron chi connectivity index (χ0n) is 15.2. The van der Waals surface area contributed by atoms with Crippen molar-refractivity contribution in [2.75, 3.05) is 27.4 Å². The minimum absolute atomic E-state index is 0.248. The molecule has 0 radical (unpaired) electrons. The summed E-state index contributed by atoms with van der Waals surface area (Å²) in [6.07, 6.45) is -5.39. The Morgan fingerprint density at radius 2 is 1.52 bits per heavy atom. The lowest BCUT2D eigenvalue weighted by atomic mass is 10.2. The molecule has 0 aromatic heterocycles. The average molecular weight is 415 g/mol. The van der Waals surface area contributed by atoms with Crippen LogP contribution in [0.4, 0.5) is 13.2 Å². The van der Waals surface area contributed by atoms with Crippen LogP contribution in [0.2, 0.25) is 0 Å². The highest BCUT2D eigenvalue weighted by Crippen LogP contribution is 2.49. The highest BCUT2D eigenvalue weighted by molar-refractivity contribution is 7.51. The molecule has 0 saturated heterocycles. The highest BCUT2D eigenvalue weighted by Gasteiger charge is 2.68. The third kappa shape index (κ3) is 5.58. The van der Waals surface area contributed by atoms with E-state index in [9.17, 15) is 22.5 Å². The monoisotopic (exact) mass is 415 g/mol. The largest absolute Gasteiger partial charge is 0.497 e. The van der Waals surface area contributed by atoms with Gasteiger partial charge in [-0.1, -0.05) is 0 Å². The SMILES string of the molecule is CCOP(=O)(NC(Oc1ccc(OC)cc1)(C(=O)OC)C(F)(F)F)OCC. The number of benzene rings is 1. The Morgan fingerprint density at radius 1 is 1.04 bits per heavy atom. The zero-order valence-corrected chi connectivity index (χ0v) is 16.1. The van der Waals surface area contributed by atoms with Crippen molar-refractivity contribution in [1.82, 2.24) is 5.09 Å². The molecule has 1 aromatic carbocycles. The predicted octanol–water partition coefficient (Wildman–Crippen LogP) is 3.28. The van der Waals surface area contributed by atoms with Crippen LogP contribution in [-0.2, 0) is 23.1 Å². The Morgan fingerprint density at radius 3 is 1.89 bits per heavy atom. The van der Waals surface area contributed by atoms with Crippen molar-refractivity contribution in [2.24, 2.45) is 0 Å². The standard InChI is InChI=1S/C15H21F3NO7P/c1-5-24-27(21,25-6-2)19-14(13(20)23-4,15(16,17)18)26-12-9-7-11(22-3)8-10-12/h7-10H,5-6H2,1-4H3,(H,19,21). The predicted molar refractivity (Wildman–Crippen MR) is 88.4 cm³/mol. The van der Waals surface area contributed by atoms with E-state index in [1.54, 1.807) is 5.09 Å². The van der Waals surface area contributed by atoms with Gasteiger partial charge in [-0.05, 0) is 38.1 Å². The van der Waals surface area contributed by atoms with Gasteiger partial charge in [-0.25, -0.2) is 9.36 Å². The number of hydrogen-bond acceptors (Lipinski definition) is 7. The van der Waals surface area contributed by atoms with Crippen molar-refractivity contribution >= 4 is 13.7 Å². The maximum Gasteiger partial charge on any atom is 0.455 e. The first kappa shape index (κ1) is 23.2. The maximum atomic E-state index is 13.9. The van der Waals surface area contributed by atoms with Crippen LogP contribution in [0, 0.1) is 0 Å². The third-order valence-electron chi connectivity index (χ3n) is 3.09. The van der Waals surface area contributed by atoms with Gasteiger partial charge in [0.2, 0.25) is 0 Å². The fourth-order valence-corrected chi connectivity index (χ4v) is 3.48. The minimum Gasteiger partial charge on any atom is -0.497 e. The number of methoxy groups -OCH3 is 2. The van der Waals surface area contributed by atoms with Gasteiger partial charge in [-0.15, -0.1) is 0 Å². The second-order valence-corrected chi connectivity index (χ2v) is 6.63. The van der Waals surface area contributed by atoms with Crippen LogP contribution in [-0.4, -0.2) is 45.3 Å². The quantitative estimate of drug-likeness (QED) is 0.354. The van der Waals surface area contributed by atoms with Crippen molar-refractivity contribution in [1.29, 1.82) is 0 Å². The van der Waals surface area contributed by atoms with Gasteiger partial charge in [0.15, 0.2) is 0 Å². The van der Waals surface area contributed by atoms with Gasteiger partial charge in [0.05, 0.1) is 27.4 Å². The first-order chi connectivity index (χ1) is 12.6. The van der Waals surface area contributed by atoms with Crippen LogP contribution in [0.25, 0.3) is 0 Å². The summed E-state index contributed by atoms with van der Waals surface area (Å²) >= 11 is 0. The van der Waals surface area contributed by atoms with Gasteiger partial charge in [0, 0.05) is 0 Å². The lowest BCUT2D eigenvalue weighted by Crippen LogP contribution is -2.65. The first-order valence-electron chi connectivity index (χ1n) is 7.74. The smallest absolute Gasteiger partial charge is 0.455 e. The van der Waals surface area contributed by atoms with Gasteiger partial charge in [0.1, 0.15) is 11.5 Å². The third-order valence-corrected chi connectivity index (χ3v) is 4.88. The lowest BCUT2D eigenvalue weighted by Gasteiger charge is -2.35. The van der Waals surface area contributed by atoms with E-state index in [0.717, 1.165) is 19.2 Å². The second kappa shape index (κ2) is 9.41. The summed E-state index contributed by atoms with van der Waals surface area (Å²) in [5.74, 6) is -1.91. The van der Waals surface area contributed by atoms with E-state index in [1.165, 1.54) is 33.1 Å². The summed E-state index contributed by atoms with van der Waals surface area (Å²) in [5.41, 5.74) is -3.84.